The van der Waals surface area contributed by atoms with Crippen molar-refractivity contribution in [1.29, 1.82) is 0 Å². The van der Waals surface area contributed by atoms with Crippen LogP contribution in [0.3, 0.4) is 0 Å². The molecule has 0 fully saturated rings. The summed E-state index contributed by atoms with van der Waals surface area (Å²) in [5.41, 5.74) is 0.846. The molecule has 1 rings (SSSR count). The molecule has 0 aliphatic rings. The molecule has 108 valence electrons. The lowest BCUT2D eigenvalue weighted by atomic mass is 10.2. The molecule has 5 nitrogen and oxygen atoms in total. The van der Waals surface area contributed by atoms with Crippen molar-refractivity contribution in [3.05, 3.63) is 23.8 Å². The highest BCUT2D eigenvalue weighted by molar-refractivity contribution is 5.39. The number of phenols is 1. The Kier molecular flexibility index (Phi) is 7.25. The average molecular weight is 268 g/mol. The van der Waals surface area contributed by atoms with Gasteiger partial charge in [-0.2, -0.15) is 0 Å². The topological polar surface area (TPSA) is 54.0 Å². The molecule has 0 saturated carbocycles. The van der Waals surface area contributed by atoms with E-state index < -0.39 is 0 Å². The van der Waals surface area contributed by atoms with Gasteiger partial charge in [-0.05, 0) is 25.2 Å². The second kappa shape index (κ2) is 8.74. The van der Waals surface area contributed by atoms with Crippen molar-refractivity contribution in [2.75, 3.05) is 47.5 Å². The van der Waals surface area contributed by atoms with Gasteiger partial charge in [0.2, 0.25) is 0 Å². The van der Waals surface area contributed by atoms with E-state index in [2.05, 4.69) is 17.3 Å². The molecule has 0 heterocycles. The van der Waals surface area contributed by atoms with Gasteiger partial charge in [-0.3, -0.25) is 0 Å². The molecular weight excluding hydrogens is 244 g/mol. The van der Waals surface area contributed by atoms with E-state index in [1.54, 1.807) is 26.4 Å². The van der Waals surface area contributed by atoms with E-state index in [9.17, 15) is 5.11 Å². The van der Waals surface area contributed by atoms with Gasteiger partial charge < -0.3 is 24.8 Å². The van der Waals surface area contributed by atoms with Crippen LogP contribution in [0.1, 0.15) is 5.56 Å². The summed E-state index contributed by atoms with van der Waals surface area (Å²) in [6, 6.07) is 5.24. The van der Waals surface area contributed by atoms with Gasteiger partial charge in [-0.15, -0.1) is 0 Å². The summed E-state index contributed by atoms with van der Waals surface area (Å²) < 4.78 is 10.2. The van der Waals surface area contributed by atoms with Crippen LogP contribution in [-0.4, -0.2) is 57.5 Å². The fourth-order valence-corrected chi connectivity index (χ4v) is 1.68. The first-order valence-electron chi connectivity index (χ1n) is 6.41. The van der Waals surface area contributed by atoms with Crippen molar-refractivity contribution in [3.8, 4) is 11.5 Å². The van der Waals surface area contributed by atoms with Crippen molar-refractivity contribution in [2.24, 2.45) is 0 Å². The number of aromatic hydroxyl groups is 1. The van der Waals surface area contributed by atoms with Gasteiger partial charge >= 0.3 is 0 Å². The lowest BCUT2D eigenvalue weighted by Gasteiger charge is -2.16. The maximum atomic E-state index is 9.73. The summed E-state index contributed by atoms with van der Waals surface area (Å²) in [7, 11) is 5.38. The molecule has 0 atom stereocenters. The fourth-order valence-electron chi connectivity index (χ4n) is 1.68. The van der Waals surface area contributed by atoms with Gasteiger partial charge in [-0.25, -0.2) is 0 Å². The number of likely N-dealkylation sites (N-methyl/N-ethyl adjacent to an activating group) is 1. The number of benzene rings is 1. The highest BCUT2D eigenvalue weighted by Crippen LogP contribution is 2.22. The number of rotatable bonds is 9. The molecule has 0 amide bonds. The van der Waals surface area contributed by atoms with Gasteiger partial charge in [0.15, 0.2) is 0 Å². The number of phenolic OH excluding ortho intramolecular Hbond substituents is 1. The minimum absolute atomic E-state index is 0.293. The number of nitrogens with one attached hydrogen (secondary N) is 1. The van der Waals surface area contributed by atoms with Crippen molar-refractivity contribution >= 4 is 0 Å². The molecule has 0 spiro atoms. The van der Waals surface area contributed by atoms with Crippen LogP contribution in [0.4, 0.5) is 0 Å². The van der Waals surface area contributed by atoms with Gasteiger partial charge in [0.25, 0.3) is 0 Å². The van der Waals surface area contributed by atoms with Crippen LogP contribution in [0.25, 0.3) is 0 Å². The van der Waals surface area contributed by atoms with Crippen molar-refractivity contribution in [1.82, 2.24) is 10.2 Å². The third-order valence-electron chi connectivity index (χ3n) is 2.95. The average Bonchev–Trinajstić information content (AvgIpc) is 2.43. The third-order valence-corrected chi connectivity index (χ3v) is 2.95. The molecule has 0 aromatic heterocycles. The zero-order valence-corrected chi connectivity index (χ0v) is 12.0. The molecule has 0 saturated heterocycles. The second-order valence-electron chi connectivity index (χ2n) is 4.47. The predicted octanol–water partition coefficient (Wildman–Crippen LogP) is 1.07. The van der Waals surface area contributed by atoms with Gasteiger partial charge in [-0.1, -0.05) is 0 Å². The smallest absolute Gasteiger partial charge is 0.120 e. The predicted molar refractivity (Wildman–Crippen MR) is 75.7 cm³/mol. The summed E-state index contributed by atoms with van der Waals surface area (Å²) in [6.45, 7) is 4.09. The molecule has 2 N–H and O–H groups in total. The number of hydrogen-bond acceptors (Lipinski definition) is 5. The number of hydrogen-bond donors (Lipinski definition) is 2. The van der Waals surface area contributed by atoms with Crippen LogP contribution in [-0.2, 0) is 11.3 Å². The standard InChI is InChI=1S/C14H24N2O3/c1-16(8-9-18-2)7-6-15-11-12-10-13(19-3)4-5-14(12)17/h4-5,10,15,17H,6-9,11H2,1-3H3. The lowest BCUT2D eigenvalue weighted by Crippen LogP contribution is -2.31. The Balaban J connectivity index is 2.29. The minimum Gasteiger partial charge on any atom is -0.508 e. The maximum absolute atomic E-state index is 9.73. The summed E-state index contributed by atoms with van der Waals surface area (Å²) in [4.78, 5) is 2.20. The van der Waals surface area contributed by atoms with Crippen LogP contribution >= 0.6 is 0 Å². The summed E-state index contributed by atoms with van der Waals surface area (Å²) >= 11 is 0. The van der Waals surface area contributed by atoms with E-state index in [1.807, 2.05) is 6.07 Å². The molecule has 0 aliphatic heterocycles. The molecule has 5 heteroatoms. The van der Waals surface area contributed by atoms with Crippen LogP contribution in [0.15, 0.2) is 18.2 Å². The first-order valence-corrected chi connectivity index (χ1v) is 6.41. The number of methoxy groups -OCH3 is 2. The molecule has 0 unspecified atom stereocenters. The van der Waals surface area contributed by atoms with E-state index in [0.717, 1.165) is 37.6 Å². The molecule has 1 aromatic carbocycles. The van der Waals surface area contributed by atoms with Crippen LogP contribution in [0.5, 0.6) is 11.5 Å². The SMILES string of the molecule is COCCN(C)CCNCc1cc(OC)ccc1O. The largest absolute Gasteiger partial charge is 0.508 e. The highest BCUT2D eigenvalue weighted by Gasteiger charge is 2.03. The van der Waals surface area contributed by atoms with Crippen LogP contribution < -0.4 is 10.1 Å². The van der Waals surface area contributed by atoms with Gasteiger partial charge in [0.1, 0.15) is 11.5 Å². The van der Waals surface area contributed by atoms with Crippen molar-refractivity contribution < 1.29 is 14.6 Å². The molecule has 0 aliphatic carbocycles. The van der Waals surface area contributed by atoms with Crippen molar-refractivity contribution in [2.45, 2.75) is 6.54 Å². The summed E-state index contributed by atoms with van der Waals surface area (Å²) in [6.07, 6.45) is 0. The van der Waals surface area contributed by atoms with E-state index in [-0.39, 0.29) is 0 Å². The third kappa shape index (κ3) is 5.92. The molecule has 19 heavy (non-hydrogen) atoms. The molecule has 0 radical (unpaired) electrons. The van der Waals surface area contributed by atoms with E-state index >= 15 is 0 Å². The Hall–Kier alpha value is -1.30. The van der Waals surface area contributed by atoms with E-state index in [0.29, 0.717) is 12.3 Å². The first-order chi connectivity index (χ1) is 9.17. The van der Waals surface area contributed by atoms with Crippen molar-refractivity contribution in [3.63, 3.8) is 0 Å². The highest BCUT2D eigenvalue weighted by atomic mass is 16.5. The second-order valence-corrected chi connectivity index (χ2v) is 4.47. The number of nitrogens with zero attached hydrogens (tertiary/aromatic N) is 1. The maximum Gasteiger partial charge on any atom is 0.120 e. The fraction of sp³-hybridized carbons (Fsp3) is 0.571. The first kappa shape index (κ1) is 15.8. The molecule has 1 aromatic rings. The van der Waals surface area contributed by atoms with E-state index in [1.165, 1.54) is 0 Å². The summed E-state index contributed by atoms with van der Waals surface area (Å²) in [5.74, 6) is 1.05. The Morgan fingerprint density at radius 3 is 2.74 bits per heavy atom. The normalized spacial score (nSPS) is 10.9. The quantitative estimate of drug-likeness (QED) is 0.656. The summed E-state index contributed by atoms with van der Waals surface area (Å²) in [5, 5.41) is 13.0. The zero-order chi connectivity index (χ0) is 14.1. The Bertz CT molecular complexity index is 372. The Morgan fingerprint density at radius 2 is 2.05 bits per heavy atom. The molecule has 0 bridgehead atoms. The van der Waals surface area contributed by atoms with Gasteiger partial charge in [0.05, 0.1) is 13.7 Å². The van der Waals surface area contributed by atoms with E-state index in [4.69, 9.17) is 9.47 Å². The monoisotopic (exact) mass is 268 g/mol. The van der Waals surface area contributed by atoms with Crippen LogP contribution in [0.2, 0.25) is 0 Å². The van der Waals surface area contributed by atoms with Crippen LogP contribution in [0, 0.1) is 0 Å². The number of ether oxygens (including phenoxy) is 2. The van der Waals surface area contributed by atoms with Gasteiger partial charge in [0, 0.05) is 38.9 Å². The zero-order valence-electron chi connectivity index (χ0n) is 12.0. The molecular formula is C14H24N2O3. The Labute approximate surface area is 115 Å². The lowest BCUT2D eigenvalue weighted by molar-refractivity contribution is 0.161. The Morgan fingerprint density at radius 1 is 1.26 bits per heavy atom. The minimum atomic E-state index is 0.293.